The topological polar surface area (TPSA) is 88.4 Å². The Hall–Kier alpha value is -1.80. The molecule has 0 bridgehead atoms. The van der Waals surface area contributed by atoms with E-state index in [2.05, 4.69) is 0 Å². The minimum absolute atomic E-state index is 0.220. The number of hydrogen-bond acceptors (Lipinski definition) is 6. The van der Waals surface area contributed by atoms with Crippen LogP contribution in [0.15, 0.2) is 60.7 Å². The Labute approximate surface area is 152 Å². The smallest absolute Gasteiger partial charge is 0.184 e. The van der Waals surface area contributed by atoms with Gasteiger partial charge in [-0.1, -0.05) is 60.7 Å². The van der Waals surface area contributed by atoms with Crippen molar-refractivity contribution < 1.29 is 29.5 Å². The van der Waals surface area contributed by atoms with Gasteiger partial charge in [-0.25, -0.2) is 0 Å². The second-order valence-corrected chi connectivity index (χ2v) is 6.26. The number of hydrogen-bond donors (Lipinski definition) is 3. The zero-order chi connectivity index (χ0) is 18.4. The molecule has 2 aromatic rings. The van der Waals surface area contributed by atoms with E-state index in [9.17, 15) is 15.3 Å². The standard InChI is InChI=1S/C20H24O6/c21-11-16-18(24-12-14-7-3-1-4-8-14)17(22)19(20(23)26-16)25-13-15-9-5-2-6-10-15/h1-10,16-23H,11-13H2/t16-,17+,18-,19+,20+/m1/s1. The normalized spacial score (nSPS) is 28.8. The maximum Gasteiger partial charge on any atom is 0.184 e. The summed E-state index contributed by atoms with van der Waals surface area (Å²) in [5.41, 5.74) is 1.85. The van der Waals surface area contributed by atoms with Gasteiger partial charge in [0.2, 0.25) is 0 Å². The van der Waals surface area contributed by atoms with Crippen LogP contribution in [0.4, 0.5) is 0 Å². The molecule has 1 aliphatic heterocycles. The van der Waals surface area contributed by atoms with Gasteiger partial charge in [0.25, 0.3) is 0 Å². The summed E-state index contributed by atoms with van der Waals surface area (Å²) >= 11 is 0. The third-order valence-corrected chi connectivity index (χ3v) is 4.39. The lowest BCUT2D eigenvalue weighted by molar-refractivity contribution is -0.306. The van der Waals surface area contributed by atoms with Crippen LogP contribution in [-0.2, 0) is 27.4 Å². The van der Waals surface area contributed by atoms with Gasteiger partial charge in [-0.05, 0) is 11.1 Å². The highest BCUT2D eigenvalue weighted by molar-refractivity contribution is 5.14. The van der Waals surface area contributed by atoms with E-state index in [-0.39, 0.29) is 19.8 Å². The molecule has 0 radical (unpaired) electrons. The van der Waals surface area contributed by atoms with Crippen molar-refractivity contribution in [3.8, 4) is 0 Å². The molecule has 0 unspecified atom stereocenters. The largest absolute Gasteiger partial charge is 0.394 e. The second kappa shape index (κ2) is 9.23. The van der Waals surface area contributed by atoms with Crippen LogP contribution in [0.1, 0.15) is 11.1 Å². The molecule has 6 nitrogen and oxygen atoms in total. The molecular weight excluding hydrogens is 336 g/mol. The van der Waals surface area contributed by atoms with E-state index in [1.54, 1.807) is 0 Å². The summed E-state index contributed by atoms with van der Waals surface area (Å²) in [7, 11) is 0. The first-order valence-corrected chi connectivity index (χ1v) is 8.62. The first-order chi connectivity index (χ1) is 12.7. The monoisotopic (exact) mass is 360 g/mol. The Balaban J connectivity index is 1.64. The molecule has 0 aliphatic carbocycles. The minimum Gasteiger partial charge on any atom is -0.394 e. The van der Waals surface area contributed by atoms with Crippen LogP contribution in [0.5, 0.6) is 0 Å². The summed E-state index contributed by atoms with van der Waals surface area (Å²) in [6.07, 6.45) is -5.10. The van der Waals surface area contributed by atoms with E-state index in [4.69, 9.17) is 14.2 Å². The fourth-order valence-electron chi connectivity index (χ4n) is 2.98. The first-order valence-electron chi connectivity index (χ1n) is 8.62. The Morgan fingerprint density at radius 3 is 1.77 bits per heavy atom. The van der Waals surface area contributed by atoms with Gasteiger partial charge in [0.1, 0.15) is 24.4 Å². The summed E-state index contributed by atoms with van der Waals surface area (Å²) < 4.78 is 16.9. The average Bonchev–Trinajstić information content (AvgIpc) is 2.68. The summed E-state index contributed by atoms with van der Waals surface area (Å²) in [5.74, 6) is 0. The molecule has 0 spiro atoms. The summed E-state index contributed by atoms with van der Waals surface area (Å²) in [6, 6.07) is 19.0. The molecule has 1 aliphatic rings. The number of benzene rings is 2. The molecule has 1 heterocycles. The zero-order valence-electron chi connectivity index (χ0n) is 14.3. The molecule has 2 aromatic carbocycles. The lowest BCUT2D eigenvalue weighted by atomic mass is 9.98. The number of rotatable bonds is 7. The molecule has 1 fully saturated rings. The quantitative estimate of drug-likeness (QED) is 0.688. The fourth-order valence-corrected chi connectivity index (χ4v) is 2.98. The van der Waals surface area contributed by atoms with Gasteiger partial charge >= 0.3 is 0 Å². The number of aliphatic hydroxyl groups excluding tert-OH is 3. The lowest BCUT2D eigenvalue weighted by Crippen LogP contribution is -2.60. The van der Waals surface area contributed by atoms with Crippen LogP contribution < -0.4 is 0 Å². The summed E-state index contributed by atoms with van der Waals surface area (Å²) in [5, 5.41) is 30.3. The third-order valence-electron chi connectivity index (χ3n) is 4.39. The van der Waals surface area contributed by atoms with E-state index < -0.39 is 30.7 Å². The van der Waals surface area contributed by atoms with E-state index in [0.29, 0.717) is 0 Å². The van der Waals surface area contributed by atoms with Crippen molar-refractivity contribution in [2.75, 3.05) is 6.61 Å². The van der Waals surface area contributed by atoms with E-state index in [1.807, 2.05) is 60.7 Å². The predicted octanol–water partition coefficient (Wildman–Crippen LogP) is 1.23. The molecule has 0 amide bonds. The van der Waals surface area contributed by atoms with Gasteiger partial charge in [0.15, 0.2) is 6.29 Å². The maximum absolute atomic E-state index is 10.7. The fraction of sp³-hybridized carbons (Fsp3) is 0.400. The highest BCUT2D eigenvalue weighted by atomic mass is 16.7. The Morgan fingerprint density at radius 2 is 1.27 bits per heavy atom. The van der Waals surface area contributed by atoms with E-state index >= 15 is 0 Å². The van der Waals surface area contributed by atoms with Crippen molar-refractivity contribution in [1.29, 1.82) is 0 Å². The van der Waals surface area contributed by atoms with Gasteiger partial charge in [-0.15, -0.1) is 0 Å². The second-order valence-electron chi connectivity index (χ2n) is 6.26. The SMILES string of the molecule is OC[C@H]1O[C@H](O)[C@@H](OCc2ccccc2)[C@@H](O)[C@@H]1OCc1ccccc1. The lowest BCUT2D eigenvalue weighted by Gasteiger charge is -2.41. The van der Waals surface area contributed by atoms with Gasteiger partial charge in [0.05, 0.1) is 19.8 Å². The van der Waals surface area contributed by atoms with Crippen molar-refractivity contribution in [3.05, 3.63) is 71.8 Å². The van der Waals surface area contributed by atoms with Crippen LogP contribution >= 0.6 is 0 Å². The van der Waals surface area contributed by atoms with E-state index in [1.165, 1.54) is 0 Å². The van der Waals surface area contributed by atoms with Crippen LogP contribution in [0.2, 0.25) is 0 Å². The van der Waals surface area contributed by atoms with Crippen LogP contribution in [0, 0.1) is 0 Å². The molecule has 140 valence electrons. The first kappa shape index (κ1) is 19.0. The molecule has 1 saturated heterocycles. The number of aliphatic hydroxyl groups is 3. The highest BCUT2D eigenvalue weighted by Crippen LogP contribution is 2.26. The molecule has 5 atom stereocenters. The molecule has 3 N–H and O–H groups in total. The van der Waals surface area contributed by atoms with Gasteiger partial charge in [0, 0.05) is 0 Å². The van der Waals surface area contributed by atoms with E-state index in [0.717, 1.165) is 11.1 Å². The highest BCUT2D eigenvalue weighted by Gasteiger charge is 2.45. The Kier molecular flexibility index (Phi) is 6.73. The van der Waals surface area contributed by atoms with Gasteiger partial charge in [-0.2, -0.15) is 0 Å². The average molecular weight is 360 g/mol. The molecule has 6 heteroatoms. The van der Waals surface area contributed by atoms with Crippen molar-refractivity contribution >= 4 is 0 Å². The van der Waals surface area contributed by atoms with Crippen molar-refractivity contribution in [2.24, 2.45) is 0 Å². The number of ether oxygens (including phenoxy) is 3. The predicted molar refractivity (Wildman–Crippen MR) is 94.0 cm³/mol. The van der Waals surface area contributed by atoms with Crippen LogP contribution in [0.3, 0.4) is 0 Å². The van der Waals surface area contributed by atoms with Crippen LogP contribution in [-0.4, -0.2) is 52.6 Å². The Morgan fingerprint density at radius 1 is 0.769 bits per heavy atom. The third kappa shape index (κ3) is 4.67. The molecule has 0 aromatic heterocycles. The molecular formula is C20H24O6. The molecule has 0 saturated carbocycles. The van der Waals surface area contributed by atoms with Gasteiger partial charge in [-0.3, -0.25) is 0 Å². The van der Waals surface area contributed by atoms with Gasteiger partial charge < -0.3 is 29.5 Å². The van der Waals surface area contributed by atoms with Crippen molar-refractivity contribution in [1.82, 2.24) is 0 Å². The summed E-state index contributed by atoms with van der Waals surface area (Å²) in [6.45, 7) is 0.0983. The maximum atomic E-state index is 10.7. The summed E-state index contributed by atoms with van der Waals surface area (Å²) in [4.78, 5) is 0. The Bertz CT molecular complexity index is 650. The molecule has 26 heavy (non-hydrogen) atoms. The van der Waals surface area contributed by atoms with Crippen LogP contribution in [0.25, 0.3) is 0 Å². The minimum atomic E-state index is -1.34. The van der Waals surface area contributed by atoms with Crippen molar-refractivity contribution in [3.63, 3.8) is 0 Å². The zero-order valence-corrected chi connectivity index (χ0v) is 14.3. The van der Waals surface area contributed by atoms with Crippen molar-refractivity contribution in [2.45, 2.75) is 43.9 Å². The molecule has 3 rings (SSSR count).